The molecule has 1 rings (SSSR count). The second kappa shape index (κ2) is 6.25. The average Bonchev–Trinajstić information content (AvgIpc) is 2.18. The Morgan fingerprint density at radius 1 is 1.21 bits per heavy atom. The molecule has 4 heteroatoms. The molecule has 0 heterocycles. The molecular weight excluding hydrogens is 221 g/mol. The van der Waals surface area contributed by atoms with Crippen LogP contribution < -0.4 is 5.73 Å². The van der Waals surface area contributed by atoms with Crippen molar-refractivity contribution in [3.63, 3.8) is 0 Å². The molecular formula is C10H13Cl2NO. The van der Waals surface area contributed by atoms with Crippen molar-refractivity contribution in [1.82, 2.24) is 0 Å². The smallest absolute Gasteiger partial charge is 0.0588 e. The van der Waals surface area contributed by atoms with Crippen LogP contribution in [0.4, 0.5) is 0 Å². The fourth-order valence-corrected chi connectivity index (χ4v) is 1.51. The van der Waals surface area contributed by atoms with Crippen LogP contribution in [0.15, 0.2) is 18.2 Å². The molecule has 1 aromatic carbocycles. The number of hydrogen-bond donors (Lipinski definition) is 1. The molecule has 0 aromatic heterocycles. The van der Waals surface area contributed by atoms with Gasteiger partial charge in [-0.05, 0) is 30.2 Å². The largest absolute Gasteiger partial charge is 0.380 e. The van der Waals surface area contributed by atoms with Gasteiger partial charge in [-0.15, -0.1) is 0 Å². The molecule has 78 valence electrons. The minimum Gasteiger partial charge on any atom is -0.380 e. The summed E-state index contributed by atoms with van der Waals surface area (Å²) < 4.78 is 5.25. The Hall–Kier alpha value is -0.280. The van der Waals surface area contributed by atoms with Crippen LogP contribution in [0.2, 0.25) is 10.0 Å². The second-order valence-electron chi connectivity index (χ2n) is 2.89. The van der Waals surface area contributed by atoms with E-state index in [1.54, 1.807) is 12.1 Å². The molecule has 0 amide bonds. The maximum absolute atomic E-state index is 5.97. The van der Waals surface area contributed by atoms with Gasteiger partial charge in [-0.25, -0.2) is 0 Å². The fraction of sp³-hybridized carbons (Fsp3) is 0.400. The molecule has 14 heavy (non-hydrogen) atoms. The molecule has 2 nitrogen and oxygen atoms in total. The zero-order chi connectivity index (χ0) is 10.4. The van der Waals surface area contributed by atoms with Gasteiger partial charge in [0.25, 0.3) is 0 Å². The highest BCUT2D eigenvalue weighted by atomic mass is 35.5. The Kier molecular flexibility index (Phi) is 5.26. The predicted octanol–water partition coefficient (Wildman–Crippen LogP) is 2.51. The normalized spacial score (nSPS) is 10.5. The van der Waals surface area contributed by atoms with Crippen LogP contribution >= 0.6 is 23.2 Å². The lowest BCUT2D eigenvalue weighted by molar-refractivity contribution is 0.145. The van der Waals surface area contributed by atoms with Crippen LogP contribution in [0.3, 0.4) is 0 Å². The topological polar surface area (TPSA) is 35.2 Å². The van der Waals surface area contributed by atoms with E-state index in [9.17, 15) is 0 Å². The van der Waals surface area contributed by atoms with E-state index >= 15 is 0 Å². The Labute approximate surface area is 94.0 Å². The van der Waals surface area contributed by atoms with E-state index in [1.165, 1.54) is 0 Å². The summed E-state index contributed by atoms with van der Waals surface area (Å²) in [6, 6.07) is 5.42. The first kappa shape index (κ1) is 11.8. The fourth-order valence-electron chi connectivity index (χ4n) is 1.10. The molecule has 0 radical (unpaired) electrons. The Morgan fingerprint density at radius 3 is 2.71 bits per heavy atom. The molecule has 0 aliphatic heterocycles. The first-order valence-electron chi connectivity index (χ1n) is 4.46. The highest BCUT2D eigenvalue weighted by Gasteiger charge is 2.00. The van der Waals surface area contributed by atoms with Gasteiger partial charge in [-0.1, -0.05) is 23.2 Å². The molecule has 0 aliphatic carbocycles. The summed E-state index contributed by atoms with van der Waals surface area (Å²) in [5.74, 6) is 0. The van der Waals surface area contributed by atoms with Gasteiger partial charge >= 0.3 is 0 Å². The van der Waals surface area contributed by atoms with Crippen molar-refractivity contribution in [3.05, 3.63) is 33.8 Å². The van der Waals surface area contributed by atoms with E-state index in [4.69, 9.17) is 33.7 Å². The lowest BCUT2D eigenvalue weighted by atomic mass is 10.2. The van der Waals surface area contributed by atoms with Crippen molar-refractivity contribution in [2.45, 2.75) is 6.42 Å². The van der Waals surface area contributed by atoms with E-state index in [1.807, 2.05) is 6.07 Å². The molecule has 0 aliphatic rings. The molecule has 2 N–H and O–H groups in total. The van der Waals surface area contributed by atoms with Crippen molar-refractivity contribution in [3.8, 4) is 0 Å². The first-order chi connectivity index (χ1) is 6.74. The van der Waals surface area contributed by atoms with Crippen molar-refractivity contribution in [2.75, 3.05) is 19.8 Å². The number of rotatable bonds is 5. The van der Waals surface area contributed by atoms with Gasteiger partial charge in [0, 0.05) is 16.6 Å². The second-order valence-corrected chi connectivity index (χ2v) is 3.73. The van der Waals surface area contributed by atoms with Crippen molar-refractivity contribution in [1.29, 1.82) is 0 Å². The van der Waals surface area contributed by atoms with Crippen molar-refractivity contribution < 1.29 is 4.74 Å². The standard InChI is InChI=1S/C10H13Cl2NO/c11-9-1-2-10(12)8(7-9)3-5-14-6-4-13/h1-2,7H,3-6,13H2. The van der Waals surface area contributed by atoms with Gasteiger partial charge < -0.3 is 10.5 Å². The summed E-state index contributed by atoms with van der Waals surface area (Å²) in [4.78, 5) is 0. The van der Waals surface area contributed by atoms with E-state index in [2.05, 4.69) is 0 Å². The monoisotopic (exact) mass is 233 g/mol. The molecule has 0 unspecified atom stereocenters. The maximum atomic E-state index is 5.97. The molecule has 1 aromatic rings. The van der Waals surface area contributed by atoms with Gasteiger partial charge in [0.15, 0.2) is 0 Å². The van der Waals surface area contributed by atoms with Crippen LogP contribution in [-0.4, -0.2) is 19.8 Å². The lowest BCUT2D eigenvalue weighted by Crippen LogP contribution is -2.10. The van der Waals surface area contributed by atoms with Crippen molar-refractivity contribution >= 4 is 23.2 Å². The summed E-state index contributed by atoms with van der Waals surface area (Å²) in [6.45, 7) is 1.75. The van der Waals surface area contributed by atoms with Gasteiger partial charge in [0.1, 0.15) is 0 Å². The summed E-state index contributed by atoms with van der Waals surface area (Å²) in [5, 5.41) is 1.42. The summed E-state index contributed by atoms with van der Waals surface area (Å²) in [5.41, 5.74) is 6.30. The summed E-state index contributed by atoms with van der Waals surface area (Å²) in [7, 11) is 0. The Morgan fingerprint density at radius 2 is 2.00 bits per heavy atom. The summed E-state index contributed by atoms with van der Waals surface area (Å²) in [6.07, 6.45) is 0.763. The Balaban J connectivity index is 2.45. The highest BCUT2D eigenvalue weighted by Crippen LogP contribution is 2.20. The maximum Gasteiger partial charge on any atom is 0.0588 e. The number of benzene rings is 1. The van der Waals surface area contributed by atoms with E-state index in [-0.39, 0.29) is 0 Å². The molecule has 0 saturated heterocycles. The van der Waals surface area contributed by atoms with E-state index < -0.39 is 0 Å². The predicted molar refractivity (Wildman–Crippen MR) is 60.0 cm³/mol. The third kappa shape index (κ3) is 3.84. The molecule has 0 fully saturated rings. The first-order valence-corrected chi connectivity index (χ1v) is 5.21. The van der Waals surface area contributed by atoms with Crippen LogP contribution in [0.5, 0.6) is 0 Å². The molecule has 0 atom stereocenters. The van der Waals surface area contributed by atoms with Crippen molar-refractivity contribution in [2.24, 2.45) is 5.73 Å². The van der Waals surface area contributed by atoms with Gasteiger partial charge in [-0.3, -0.25) is 0 Å². The van der Waals surface area contributed by atoms with Crippen LogP contribution in [-0.2, 0) is 11.2 Å². The van der Waals surface area contributed by atoms with Gasteiger partial charge in [0.2, 0.25) is 0 Å². The summed E-state index contributed by atoms with van der Waals surface area (Å²) >= 11 is 11.8. The number of ether oxygens (including phenoxy) is 1. The third-order valence-corrected chi connectivity index (χ3v) is 2.39. The zero-order valence-corrected chi connectivity index (χ0v) is 9.31. The van der Waals surface area contributed by atoms with Crippen LogP contribution in [0, 0.1) is 0 Å². The number of nitrogens with two attached hydrogens (primary N) is 1. The lowest BCUT2D eigenvalue weighted by Gasteiger charge is -2.05. The minimum atomic E-state index is 0.545. The SMILES string of the molecule is NCCOCCc1cc(Cl)ccc1Cl. The zero-order valence-electron chi connectivity index (χ0n) is 7.80. The number of halogens is 2. The average molecular weight is 234 g/mol. The van der Waals surface area contributed by atoms with Crippen LogP contribution in [0.25, 0.3) is 0 Å². The van der Waals surface area contributed by atoms with Gasteiger partial charge in [-0.2, -0.15) is 0 Å². The molecule has 0 bridgehead atoms. The number of hydrogen-bond acceptors (Lipinski definition) is 2. The quantitative estimate of drug-likeness (QED) is 0.794. The van der Waals surface area contributed by atoms with E-state index in [0.29, 0.717) is 24.8 Å². The van der Waals surface area contributed by atoms with Crippen LogP contribution in [0.1, 0.15) is 5.56 Å². The molecule has 0 spiro atoms. The third-order valence-electron chi connectivity index (χ3n) is 1.79. The molecule has 0 saturated carbocycles. The van der Waals surface area contributed by atoms with Gasteiger partial charge in [0.05, 0.1) is 13.2 Å². The Bertz CT molecular complexity index is 291. The minimum absolute atomic E-state index is 0.545. The van der Waals surface area contributed by atoms with E-state index in [0.717, 1.165) is 17.0 Å². The highest BCUT2D eigenvalue weighted by molar-refractivity contribution is 6.33.